The largest absolute Gasteiger partial charge is 0.214 e. The molecule has 1 aliphatic carbocycles. The molecule has 1 saturated carbocycles. The van der Waals surface area contributed by atoms with Crippen molar-refractivity contribution in [2.24, 2.45) is 0 Å². The second kappa shape index (κ2) is 13.6. The first-order valence-corrected chi connectivity index (χ1v) is 14.5. The van der Waals surface area contributed by atoms with E-state index in [0.717, 1.165) is 5.92 Å². The van der Waals surface area contributed by atoms with Crippen LogP contribution in [0.4, 0.5) is 0 Å². The summed E-state index contributed by atoms with van der Waals surface area (Å²) in [5.74, 6) is 0.873. The first-order valence-electron chi connectivity index (χ1n) is 8.20. The maximum atomic E-state index is 4.93. The van der Waals surface area contributed by atoms with Gasteiger partial charge in [-0.2, -0.15) is 41.5 Å². The minimum Gasteiger partial charge on any atom is -0.214 e. The Morgan fingerprint density at radius 3 is 2.14 bits per heavy atom. The Morgan fingerprint density at radius 1 is 1.14 bits per heavy atom. The molecule has 120 valence electrons. The zero-order valence-corrected chi connectivity index (χ0v) is 17.4. The molecule has 0 nitrogen and oxygen atoms in total. The van der Waals surface area contributed by atoms with Gasteiger partial charge in [0.2, 0.25) is 0 Å². The van der Waals surface area contributed by atoms with E-state index in [2.05, 4.69) is 25.1 Å². The van der Waals surface area contributed by atoms with Gasteiger partial charge in [0.15, 0.2) is 0 Å². The summed E-state index contributed by atoms with van der Waals surface area (Å²) in [5.41, 5.74) is 3.13. The van der Waals surface area contributed by atoms with Gasteiger partial charge in [-0.3, -0.25) is 0 Å². The minimum absolute atomic E-state index is 0.826. The van der Waals surface area contributed by atoms with Gasteiger partial charge in [-0.1, -0.05) is 57.8 Å². The Hall–Kier alpha value is 0.163. The Morgan fingerprint density at radius 2 is 1.73 bits per heavy atom. The molecule has 3 rings (SSSR count). The van der Waals surface area contributed by atoms with Crippen molar-refractivity contribution in [2.75, 3.05) is 0 Å². The molecular formula is C19H26Cl2Zr. The van der Waals surface area contributed by atoms with E-state index in [1.165, 1.54) is 50.5 Å². The average Bonchev–Trinajstić information content (AvgIpc) is 3.19. The van der Waals surface area contributed by atoms with E-state index in [0.29, 0.717) is 0 Å². The van der Waals surface area contributed by atoms with Crippen molar-refractivity contribution >= 4 is 17.0 Å². The van der Waals surface area contributed by atoms with Crippen molar-refractivity contribution in [2.45, 2.75) is 57.8 Å². The number of halogens is 2. The van der Waals surface area contributed by atoms with Crippen LogP contribution in [-0.4, -0.2) is 0 Å². The number of aryl methyl sites for hydroxylation is 1. The molecule has 3 heteroatoms. The number of rotatable bonds is 2. The van der Waals surface area contributed by atoms with E-state index in [9.17, 15) is 0 Å². The summed E-state index contributed by atoms with van der Waals surface area (Å²) in [5, 5.41) is 0. The maximum Gasteiger partial charge on any atom is -0.172 e. The minimum atomic E-state index is -0.826. The van der Waals surface area contributed by atoms with E-state index in [-0.39, 0.29) is 0 Å². The van der Waals surface area contributed by atoms with Gasteiger partial charge in [-0.05, 0) is 0 Å². The van der Waals surface area contributed by atoms with Gasteiger partial charge in [-0.15, -0.1) is 0 Å². The summed E-state index contributed by atoms with van der Waals surface area (Å²) in [4.78, 5) is 0. The quantitative estimate of drug-likeness (QED) is 0.359. The molecule has 0 N–H and O–H groups in total. The molecule has 0 heterocycles. The summed E-state index contributed by atoms with van der Waals surface area (Å²) in [6, 6.07) is 17.1. The average molecular weight is 417 g/mol. The van der Waals surface area contributed by atoms with Crippen LogP contribution in [0.25, 0.3) is 0 Å². The topological polar surface area (TPSA) is 0 Å². The van der Waals surface area contributed by atoms with Crippen molar-refractivity contribution in [1.82, 2.24) is 0 Å². The van der Waals surface area contributed by atoms with E-state index in [1.54, 1.807) is 5.56 Å². The molecule has 22 heavy (non-hydrogen) atoms. The van der Waals surface area contributed by atoms with Gasteiger partial charge < -0.3 is 0 Å². The molecule has 0 spiro atoms. The van der Waals surface area contributed by atoms with E-state index in [4.69, 9.17) is 17.0 Å². The fraction of sp³-hybridized carbons (Fsp3) is 0.474. The summed E-state index contributed by atoms with van der Waals surface area (Å²) in [7, 11) is 9.87. The van der Waals surface area contributed by atoms with Gasteiger partial charge in [0, 0.05) is 0 Å². The van der Waals surface area contributed by atoms with E-state index >= 15 is 0 Å². The SMILES string of the molecule is CC[c-]1ccc(C2CCCCCC2)c1.[Cl][Zr+2][Cl].c1cc[cH-]c1. The molecule has 0 saturated heterocycles. The van der Waals surface area contributed by atoms with Crippen LogP contribution in [0.1, 0.15) is 62.5 Å². The first-order chi connectivity index (χ1) is 10.8. The van der Waals surface area contributed by atoms with Crippen LogP contribution in [0.2, 0.25) is 0 Å². The fourth-order valence-electron chi connectivity index (χ4n) is 2.92. The Kier molecular flexibility index (Phi) is 12.5. The molecule has 2 aromatic carbocycles. The molecule has 1 fully saturated rings. The Balaban J connectivity index is 0.000000250. The first kappa shape index (κ1) is 20.2. The van der Waals surface area contributed by atoms with Crippen LogP contribution in [0.3, 0.4) is 0 Å². The molecule has 2 aromatic rings. The van der Waals surface area contributed by atoms with Gasteiger partial charge >= 0.3 is 37.9 Å². The van der Waals surface area contributed by atoms with Crippen molar-refractivity contribution in [1.29, 1.82) is 0 Å². The normalized spacial score (nSPS) is 14.7. The third kappa shape index (κ3) is 8.71. The Labute approximate surface area is 154 Å². The summed E-state index contributed by atoms with van der Waals surface area (Å²) in [6.45, 7) is 2.24. The van der Waals surface area contributed by atoms with Crippen molar-refractivity contribution < 1.29 is 20.8 Å². The maximum absolute atomic E-state index is 4.93. The third-order valence-electron chi connectivity index (χ3n) is 4.13. The second-order valence-corrected chi connectivity index (χ2v) is 9.36. The summed E-state index contributed by atoms with van der Waals surface area (Å²) < 4.78 is 0. The predicted molar refractivity (Wildman–Crippen MR) is 95.6 cm³/mol. The standard InChI is InChI=1S/C14H21.C5H5.2ClH.Zr/c1-2-12-9-10-14(11-12)13-7-5-3-4-6-8-13;1-2-4-5-3-1;;;/h9-11,13H,2-8H2,1H3;1-5H;2*1H;/q2*-1;;;+4/p-2. The summed E-state index contributed by atoms with van der Waals surface area (Å²) in [6.07, 6.45) is 9.83. The zero-order chi connectivity index (χ0) is 16.0. The van der Waals surface area contributed by atoms with Gasteiger partial charge in [0.05, 0.1) is 0 Å². The molecule has 0 amide bonds. The van der Waals surface area contributed by atoms with Crippen LogP contribution in [-0.2, 0) is 27.3 Å². The van der Waals surface area contributed by atoms with Crippen LogP contribution in [0.15, 0.2) is 48.5 Å². The smallest absolute Gasteiger partial charge is 0.172 e. The Bertz CT molecular complexity index is 422. The monoisotopic (exact) mass is 414 g/mol. The van der Waals surface area contributed by atoms with Crippen LogP contribution < -0.4 is 0 Å². The number of hydrogen-bond donors (Lipinski definition) is 0. The van der Waals surface area contributed by atoms with Crippen molar-refractivity contribution in [3.05, 3.63) is 59.7 Å². The fourth-order valence-corrected chi connectivity index (χ4v) is 2.92. The summed E-state index contributed by atoms with van der Waals surface area (Å²) >= 11 is -0.826. The van der Waals surface area contributed by atoms with Gasteiger partial charge in [0.25, 0.3) is 0 Å². The molecule has 0 aliphatic heterocycles. The third-order valence-corrected chi connectivity index (χ3v) is 4.13. The van der Waals surface area contributed by atoms with E-state index < -0.39 is 20.8 Å². The van der Waals surface area contributed by atoms with Crippen molar-refractivity contribution in [3.8, 4) is 0 Å². The van der Waals surface area contributed by atoms with Gasteiger partial charge in [0.1, 0.15) is 0 Å². The number of hydrogen-bond acceptors (Lipinski definition) is 0. The molecular weight excluding hydrogens is 390 g/mol. The molecule has 1 aliphatic rings. The molecule has 0 atom stereocenters. The molecule has 0 bridgehead atoms. The van der Waals surface area contributed by atoms with Crippen molar-refractivity contribution in [3.63, 3.8) is 0 Å². The predicted octanol–water partition coefficient (Wildman–Crippen LogP) is 7.19. The van der Waals surface area contributed by atoms with Crippen LogP contribution in [0, 0.1) is 0 Å². The van der Waals surface area contributed by atoms with Gasteiger partial charge in [-0.25, -0.2) is 18.2 Å². The second-order valence-electron chi connectivity index (χ2n) is 5.63. The van der Waals surface area contributed by atoms with E-state index in [1.807, 2.05) is 30.3 Å². The zero-order valence-electron chi connectivity index (χ0n) is 13.4. The van der Waals surface area contributed by atoms with Crippen LogP contribution >= 0.6 is 17.0 Å². The van der Waals surface area contributed by atoms with Crippen LogP contribution in [0.5, 0.6) is 0 Å². The molecule has 0 radical (unpaired) electrons. The molecule has 0 aromatic heterocycles. The molecule has 0 unspecified atom stereocenters.